The smallest absolute Gasteiger partial charge is 0.393 e. The Morgan fingerprint density at radius 3 is 2.54 bits per heavy atom. The zero-order valence-corrected chi connectivity index (χ0v) is 15.2. The summed E-state index contributed by atoms with van der Waals surface area (Å²) < 4.78 is 50.9. The standard InChI is InChI=1S/C19H18F3NO5/c1-3-28-18(26)14-6-11(9-19(20,21)22)16-12-8-13(17(24)25)15(27-2)7-10(12)4-5-23(14)16/h6-8H,3-5,9H2,1-2H3,(H,24,25). The number of aromatic carboxylic acids is 1. The number of rotatable bonds is 5. The summed E-state index contributed by atoms with van der Waals surface area (Å²) in [5.74, 6) is -1.84. The van der Waals surface area contributed by atoms with Crippen molar-refractivity contribution in [2.75, 3.05) is 13.7 Å². The van der Waals surface area contributed by atoms with E-state index in [1.54, 1.807) is 6.92 Å². The fourth-order valence-electron chi connectivity index (χ4n) is 3.50. The molecule has 1 aromatic carbocycles. The molecule has 0 radical (unpaired) electrons. The highest BCUT2D eigenvalue weighted by Gasteiger charge is 2.34. The average Bonchev–Trinajstić information content (AvgIpc) is 2.97. The third-order valence-electron chi connectivity index (χ3n) is 4.57. The van der Waals surface area contributed by atoms with E-state index in [4.69, 9.17) is 9.47 Å². The molecule has 150 valence electrons. The maximum Gasteiger partial charge on any atom is 0.393 e. The zero-order valence-electron chi connectivity index (χ0n) is 15.2. The van der Waals surface area contributed by atoms with Gasteiger partial charge in [-0.25, -0.2) is 9.59 Å². The number of nitrogens with zero attached hydrogens (tertiary/aromatic N) is 1. The Morgan fingerprint density at radius 1 is 1.25 bits per heavy atom. The number of aryl methyl sites for hydroxylation is 1. The summed E-state index contributed by atoms with van der Waals surface area (Å²) in [7, 11) is 1.33. The van der Waals surface area contributed by atoms with Crippen LogP contribution in [0.25, 0.3) is 11.3 Å². The van der Waals surface area contributed by atoms with Gasteiger partial charge in [0.25, 0.3) is 0 Å². The molecule has 28 heavy (non-hydrogen) atoms. The van der Waals surface area contributed by atoms with E-state index in [0.29, 0.717) is 17.5 Å². The average molecular weight is 397 g/mol. The molecule has 0 spiro atoms. The molecule has 0 atom stereocenters. The van der Waals surface area contributed by atoms with Crippen LogP contribution in [0.5, 0.6) is 5.75 Å². The Bertz CT molecular complexity index is 946. The first-order valence-corrected chi connectivity index (χ1v) is 8.57. The van der Waals surface area contributed by atoms with Crippen LogP contribution in [0.4, 0.5) is 13.2 Å². The van der Waals surface area contributed by atoms with Crippen molar-refractivity contribution in [2.24, 2.45) is 0 Å². The molecular weight excluding hydrogens is 379 g/mol. The number of hydrogen-bond donors (Lipinski definition) is 1. The van der Waals surface area contributed by atoms with Crippen LogP contribution < -0.4 is 4.74 Å². The molecule has 0 unspecified atom stereocenters. The minimum atomic E-state index is -4.49. The quantitative estimate of drug-likeness (QED) is 0.779. The summed E-state index contributed by atoms with van der Waals surface area (Å²) in [5.41, 5.74) is 0.955. The van der Waals surface area contributed by atoms with Gasteiger partial charge in [-0.3, -0.25) is 0 Å². The highest BCUT2D eigenvalue weighted by molar-refractivity contribution is 5.95. The molecule has 0 saturated carbocycles. The van der Waals surface area contributed by atoms with Gasteiger partial charge in [0.15, 0.2) is 0 Å². The summed E-state index contributed by atoms with van der Waals surface area (Å²) in [5, 5.41) is 9.42. The van der Waals surface area contributed by atoms with Crippen LogP contribution in [0.15, 0.2) is 18.2 Å². The lowest BCUT2D eigenvalue weighted by Gasteiger charge is -2.24. The van der Waals surface area contributed by atoms with Crippen molar-refractivity contribution in [1.29, 1.82) is 0 Å². The van der Waals surface area contributed by atoms with Crippen LogP contribution in [0.2, 0.25) is 0 Å². The van der Waals surface area contributed by atoms with Crippen molar-refractivity contribution in [1.82, 2.24) is 4.57 Å². The lowest BCUT2D eigenvalue weighted by molar-refractivity contribution is -0.127. The Morgan fingerprint density at radius 2 is 1.96 bits per heavy atom. The molecule has 0 amide bonds. The maximum atomic E-state index is 13.1. The number of methoxy groups -OCH3 is 1. The van der Waals surface area contributed by atoms with E-state index in [0.717, 1.165) is 0 Å². The van der Waals surface area contributed by atoms with Gasteiger partial charge in [0.05, 0.1) is 25.8 Å². The van der Waals surface area contributed by atoms with Gasteiger partial charge in [-0.05, 0) is 42.7 Å². The molecule has 1 N–H and O–H groups in total. The number of halogens is 3. The number of carbonyl (C=O) groups excluding carboxylic acids is 1. The Hall–Kier alpha value is -2.97. The van der Waals surface area contributed by atoms with Crippen molar-refractivity contribution >= 4 is 11.9 Å². The number of fused-ring (bicyclic) bond motifs is 3. The molecule has 1 aliphatic rings. The maximum absolute atomic E-state index is 13.1. The number of alkyl halides is 3. The summed E-state index contributed by atoms with van der Waals surface area (Å²) >= 11 is 0. The molecule has 3 rings (SSSR count). The van der Waals surface area contributed by atoms with E-state index in [1.165, 1.54) is 29.9 Å². The number of aromatic nitrogens is 1. The Kier molecular flexibility index (Phi) is 5.10. The molecule has 6 nitrogen and oxygen atoms in total. The first-order chi connectivity index (χ1) is 13.2. The highest BCUT2D eigenvalue weighted by Crippen LogP contribution is 2.40. The molecule has 0 bridgehead atoms. The lowest BCUT2D eigenvalue weighted by atomic mass is 9.93. The number of esters is 1. The first kappa shape index (κ1) is 19.8. The largest absolute Gasteiger partial charge is 0.496 e. The molecule has 0 saturated heterocycles. The van der Waals surface area contributed by atoms with E-state index in [1.807, 2.05) is 0 Å². The number of carboxylic acids is 1. The molecule has 0 fully saturated rings. The van der Waals surface area contributed by atoms with Crippen LogP contribution in [0, 0.1) is 0 Å². The van der Waals surface area contributed by atoms with Crippen molar-refractivity contribution in [3.8, 4) is 17.0 Å². The third kappa shape index (κ3) is 3.56. The zero-order chi connectivity index (χ0) is 20.6. The minimum Gasteiger partial charge on any atom is -0.496 e. The lowest BCUT2D eigenvalue weighted by Crippen LogP contribution is -2.19. The molecule has 1 aromatic heterocycles. The molecule has 9 heteroatoms. The number of carboxylic acid groups (broad SMARTS) is 1. The van der Waals surface area contributed by atoms with E-state index >= 15 is 0 Å². The van der Waals surface area contributed by atoms with E-state index < -0.39 is 24.5 Å². The highest BCUT2D eigenvalue weighted by atomic mass is 19.4. The summed E-state index contributed by atoms with van der Waals surface area (Å²) in [6.45, 7) is 1.96. The van der Waals surface area contributed by atoms with Gasteiger partial charge in [0.2, 0.25) is 0 Å². The normalized spacial score (nSPS) is 12.9. The minimum absolute atomic E-state index is 0.0226. The van der Waals surface area contributed by atoms with Gasteiger partial charge < -0.3 is 19.1 Å². The van der Waals surface area contributed by atoms with E-state index in [2.05, 4.69) is 0 Å². The van der Waals surface area contributed by atoms with E-state index in [-0.39, 0.29) is 41.4 Å². The number of hydrogen-bond acceptors (Lipinski definition) is 4. The molecule has 0 aliphatic carbocycles. The van der Waals surface area contributed by atoms with Crippen molar-refractivity contribution in [2.45, 2.75) is 32.5 Å². The summed E-state index contributed by atoms with van der Waals surface area (Å²) in [6, 6.07) is 4.01. The first-order valence-electron chi connectivity index (χ1n) is 8.57. The molecular formula is C19H18F3NO5. The summed E-state index contributed by atoms with van der Waals surface area (Å²) in [4.78, 5) is 23.8. The fourth-order valence-corrected chi connectivity index (χ4v) is 3.50. The van der Waals surface area contributed by atoms with Gasteiger partial charge in [-0.15, -0.1) is 0 Å². The van der Waals surface area contributed by atoms with Gasteiger partial charge in [0, 0.05) is 12.1 Å². The van der Waals surface area contributed by atoms with Crippen LogP contribution >= 0.6 is 0 Å². The SMILES string of the molecule is CCOC(=O)c1cc(CC(F)(F)F)c2n1CCc1cc(OC)c(C(=O)O)cc1-2. The van der Waals surface area contributed by atoms with Gasteiger partial charge in [-0.1, -0.05) is 0 Å². The second kappa shape index (κ2) is 7.21. The van der Waals surface area contributed by atoms with Gasteiger partial charge in [0.1, 0.15) is 17.0 Å². The topological polar surface area (TPSA) is 77.8 Å². The number of carbonyl (C=O) groups is 2. The van der Waals surface area contributed by atoms with Crippen LogP contribution in [0.3, 0.4) is 0 Å². The molecule has 2 aromatic rings. The van der Waals surface area contributed by atoms with Gasteiger partial charge in [-0.2, -0.15) is 13.2 Å². The monoisotopic (exact) mass is 397 g/mol. The second-order valence-electron chi connectivity index (χ2n) is 6.33. The van der Waals surface area contributed by atoms with Crippen molar-refractivity contribution < 1.29 is 37.3 Å². The van der Waals surface area contributed by atoms with Crippen LogP contribution in [-0.2, 0) is 24.1 Å². The number of ether oxygens (including phenoxy) is 2. The Balaban J connectivity index is 2.25. The fraction of sp³-hybridized carbons (Fsp3) is 0.368. The third-order valence-corrected chi connectivity index (χ3v) is 4.57. The van der Waals surface area contributed by atoms with Crippen LogP contribution in [-0.4, -0.2) is 41.5 Å². The molecule has 2 heterocycles. The van der Waals surface area contributed by atoms with Crippen molar-refractivity contribution in [3.05, 3.63) is 40.6 Å². The summed E-state index contributed by atoms with van der Waals surface area (Å²) in [6.07, 6.45) is -5.32. The predicted octanol–water partition coefficient (Wildman–Crippen LogP) is 3.70. The van der Waals surface area contributed by atoms with Crippen LogP contribution in [0.1, 0.15) is 38.9 Å². The Labute approximate surface area is 158 Å². The second-order valence-corrected chi connectivity index (χ2v) is 6.33. The van der Waals surface area contributed by atoms with Crippen molar-refractivity contribution in [3.63, 3.8) is 0 Å². The predicted molar refractivity (Wildman–Crippen MR) is 92.8 cm³/mol. The van der Waals surface area contributed by atoms with E-state index in [9.17, 15) is 27.9 Å². The van der Waals surface area contributed by atoms with Gasteiger partial charge >= 0.3 is 18.1 Å². The molecule has 1 aliphatic heterocycles. The number of benzene rings is 1.